The minimum Gasteiger partial charge on any atom is -0.352 e. The molecule has 0 saturated carbocycles. The number of hydrogen-bond acceptors (Lipinski definition) is 3. The molecule has 0 bridgehead atoms. The van der Waals surface area contributed by atoms with Crippen molar-refractivity contribution in [2.75, 3.05) is 20.1 Å². The summed E-state index contributed by atoms with van der Waals surface area (Å²) in [6.45, 7) is 9.62. The highest BCUT2D eigenvalue weighted by Crippen LogP contribution is 2.02. The number of nitrogens with zero attached hydrogens (tertiary/aromatic N) is 1. The quantitative estimate of drug-likeness (QED) is 0.679. The predicted octanol–water partition coefficient (Wildman–Crippen LogP) is 0.816. The van der Waals surface area contributed by atoms with Crippen LogP contribution in [0.15, 0.2) is 0 Å². The van der Waals surface area contributed by atoms with Crippen molar-refractivity contribution in [1.82, 2.24) is 10.2 Å². The Hall–Kier alpha value is -0.610. The Labute approximate surface area is 99.6 Å². The van der Waals surface area contributed by atoms with Gasteiger partial charge >= 0.3 is 0 Å². The fourth-order valence-electron chi connectivity index (χ4n) is 1.39. The van der Waals surface area contributed by atoms with E-state index >= 15 is 0 Å². The fourth-order valence-corrected chi connectivity index (χ4v) is 1.39. The van der Waals surface area contributed by atoms with E-state index in [0.717, 1.165) is 13.0 Å². The zero-order chi connectivity index (χ0) is 12.7. The first-order chi connectivity index (χ1) is 7.42. The van der Waals surface area contributed by atoms with Crippen molar-refractivity contribution in [3.05, 3.63) is 0 Å². The average molecular weight is 229 g/mol. The molecule has 0 aliphatic rings. The summed E-state index contributed by atoms with van der Waals surface area (Å²) in [5.41, 5.74) is 5.57. The van der Waals surface area contributed by atoms with Crippen molar-refractivity contribution in [2.24, 2.45) is 11.7 Å². The van der Waals surface area contributed by atoms with E-state index < -0.39 is 0 Å². The lowest BCUT2D eigenvalue weighted by molar-refractivity contribution is -0.126. The van der Waals surface area contributed by atoms with Gasteiger partial charge in [-0.05, 0) is 39.8 Å². The minimum atomic E-state index is -0.0944. The molecule has 0 radical (unpaired) electrons. The Morgan fingerprint density at radius 2 is 1.94 bits per heavy atom. The third-order valence-electron chi connectivity index (χ3n) is 3.04. The maximum absolute atomic E-state index is 11.8. The monoisotopic (exact) mass is 229 g/mol. The van der Waals surface area contributed by atoms with Crippen LogP contribution in [-0.2, 0) is 4.79 Å². The van der Waals surface area contributed by atoms with E-state index in [1.165, 1.54) is 0 Å². The van der Waals surface area contributed by atoms with E-state index in [-0.39, 0.29) is 18.0 Å². The standard InChI is InChI=1S/C12H27N3O/c1-6-10(3)14-12(16)11(4)15(5)8-9(2)7-13/h9-11H,6-8,13H2,1-5H3,(H,14,16). The van der Waals surface area contributed by atoms with Gasteiger partial charge in [-0.25, -0.2) is 0 Å². The molecule has 4 heteroatoms. The first kappa shape index (κ1) is 15.4. The van der Waals surface area contributed by atoms with Crippen molar-refractivity contribution in [3.8, 4) is 0 Å². The van der Waals surface area contributed by atoms with Crippen LogP contribution in [0.3, 0.4) is 0 Å². The molecule has 0 heterocycles. The van der Waals surface area contributed by atoms with E-state index in [1.54, 1.807) is 0 Å². The molecule has 4 nitrogen and oxygen atoms in total. The highest BCUT2D eigenvalue weighted by molar-refractivity contribution is 5.81. The van der Waals surface area contributed by atoms with Gasteiger partial charge in [-0.3, -0.25) is 9.69 Å². The molecule has 0 saturated heterocycles. The van der Waals surface area contributed by atoms with Gasteiger partial charge in [0.2, 0.25) is 5.91 Å². The summed E-state index contributed by atoms with van der Waals surface area (Å²) in [6, 6.07) is 0.151. The molecule has 3 N–H and O–H groups in total. The van der Waals surface area contributed by atoms with E-state index in [1.807, 2.05) is 20.9 Å². The van der Waals surface area contributed by atoms with Crippen molar-refractivity contribution in [3.63, 3.8) is 0 Å². The molecule has 0 aliphatic carbocycles. The molecule has 0 fully saturated rings. The first-order valence-corrected chi connectivity index (χ1v) is 6.13. The van der Waals surface area contributed by atoms with Crippen LogP contribution in [0.4, 0.5) is 0 Å². The third-order valence-corrected chi connectivity index (χ3v) is 3.04. The third kappa shape index (κ3) is 5.47. The molecule has 0 aromatic heterocycles. The van der Waals surface area contributed by atoms with Gasteiger partial charge in [-0.1, -0.05) is 13.8 Å². The lowest BCUT2D eigenvalue weighted by atomic mass is 10.1. The number of carbonyl (C=O) groups is 1. The van der Waals surface area contributed by atoms with Crippen LogP contribution in [0.1, 0.15) is 34.1 Å². The normalized spacial score (nSPS) is 16.9. The second kappa shape index (κ2) is 7.63. The molecule has 0 rings (SSSR count). The Bertz CT molecular complexity index is 208. The van der Waals surface area contributed by atoms with Crippen LogP contribution >= 0.6 is 0 Å². The van der Waals surface area contributed by atoms with Gasteiger partial charge in [-0.2, -0.15) is 0 Å². The molecule has 0 spiro atoms. The Balaban J connectivity index is 4.10. The summed E-state index contributed by atoms with van der Waals surface area (Å²) in [4.78, 5) is 13.9. The predicted molar refractivity (Wildman–Crippen MR) is 68.2 cm³/mol. The summed E-state index contributed by atoms with van der Waals surface area (Å²) in [6.07, 6.45) is 0.960. The summed E-state index contributed by atoms with van der Waals surface area (Å²) >= 11 is 0. The maximum Gasteiger partial charge on any atom is 0.237 e. The van der Waals surface area contributed by atoms with Crippen LogP contribution in [0.25, 0.3) is 0 Å². The van der Waals surface area contributed by atoms with Gasteiger partial charge in [0.05, 0.1) is 6.04 Å². The van der Waals surface area contributed by atoms with Gasteiger partial charge in [0.25, 0.3) is 0 Å². The largest absolute Gasteiger partial charge is 0.352 e. The lowest BCUT2D eigenvalue weighted by Crippen LogP contribution is -2.47. The smallest absolute Gasteiger partial charge is 0.237 e. The molecule has 0 aromatic rings. The SMILES string of the molecule is CCC(C)NC(=O)C(C)N(C)CC(C)CN. The van der Waals surface area contributed by atoms with Gasteiger partial charge in [0, 0.05) is 12.6 Å². The number of carbonyl (C=O) groups excluding carboxylic acids is 1. The minimum absolute atomic E-state index is 0.0944. The molecule has 16 heavy (non-hydrogen) atoms. The van der Waals surface area contributed by atoms with Crippen molar-refractivity contribution >= 4 is 5.91 Å². The summed E-state index contributed by atoms with van der Waals surface area (Å²) < 4.78 is 0. The van der Waals surface area contributed by atoms with Crippen LogP contribution in [0.2, 0.25) is 0 Å². The van der Waals surface area contributed by atoms with Crippen molar-refractivity contribution in [2.45, 2.75) is 46.2 Å². The van der Waals surface area contributed by atoms with E-state index in [9.17, 15) is 4.79 Å². The second-order valence-electron chi connectivity index (χ2n) is 4.77. The molecule has 3 unspecified atom stereocenters. The highest BCUT2D eigenvalue weighted by Gasteiger charge is 2.19. The second-order valence-corrected chi connectivity index (χ2v) is 4.77. The topological polar surface area (TPSA) is 58.4 Å². The van der Waals surface area contributed by atoms with Crippen LogP contribution in [0.5, 0.6) is 0 Å². The van der Waals surface area contributed by atoms with Crippen molar-refractivity contribution in [1.29, 1.82) is 0 Å². The average Bonchev–Trinajstić information content (AvgIpc) is 2.27. The molecule has 3 atom stereocenters. The van der Waals surface area contributed by atoms with E-state index in [0.29, 0.717) is 12.5 Å². The van der Waals surface area contributed by atoms with Gasteiger partial charge in [0.15, 0.2) is 0 Å². The zero-order valence-electron chi connectivity index (χ0n) is 11.3. The zero-order valence-corrected chi connectivity index (χ0v) is 11.3. The van der Waals surface area contributed by atoms with Gasteiger partial charge in [-0.15, -0.1) is 0 Å². The van der Waals surface area contributed by atoms with Crippen LogP contribution < -0.4 is 11.1 Å². The number of amides is 1. The maximum atomic E-state index is 11.8. The Morgan fingerprint density at radius 1 is 1.38 bits per heavy atom. The van der Waals surface area contributed by atoms with E-state index in [2.05, 4.69) is 24.1 Å². The Morgan fingerprint density at radius 3 is 2.38 bits per heavy atom. The van der Waals surface area contributed by atoms with Gasteiger partial charge < -0.3 is 11.1 Å². The molecule has 1 amide bonds. The van der Waals surface area contributed by atoms with E-state index in [4.69, 9.17) is 5.73 Å². The number of nitrogens with two attached hydrogens (primary N) is 1. The summed E-state index contributed by atoms with van der Waals surface area (Å²) in [5, 5.41) is 2.99. The van der Waals surface area contributed by atoms with Crippen LogP contribution in [0, 0.1) is 5.92 Å². The molecular weight excluding hydrogens is 202 g/mol. The summed E-state index contributed by atoms with van der Waals surface area (Å²) in [5.74, 6) is 0.518. The number of rotatable bonds is 7. The first-order valence-electron chi connectivity index (χ1n) is 6.13. The molecular formula is C12H27N3O. The lowest BCUT2D eigenvalue weighted by Gasteiger charge is -2.27. The number of likely N-dealkylation sites (N-methyl/N-ethyl adjacent to an activating group) is 1. The van der Waals surface area contributed by atoms with Gasteiger partial charge in [0.1, 0.15) is 0 Å². The molecule has 0 aromatic carbocycles. The fraction of sp³-hybridized carbons (Fsp3) is 0.917. The Kier molecular flexibility index (Phi) is 7.34. The van der Waals surface area contributed by atoms with Crippen LogP contribution in [-0.4, -0.2) is 43.0 Å². The molecule has 96 valence electrons. The number of hydrogen-bond donors (Lipinski definition) is 2. The summed E-state index contributed by atoms with van der Waals surface area (Å²) in [7, 11) is 1.97. The van der Waals surface area contributed by atoms with Crippen molar-refractivity contribution < 1.29 is 4.79 Å². The highest BCUT2D eigenvalue weighted by atomic mass is 16.2. The molecule has 0 aliphatic heterocycles. The number of nitrogens with one attached hydrogen (secondary N) is 1.